The number of rotatable bonds is 3. The summed E-state index contributed by atoms with van der Waals surface area (Å²) < 4.78 is 0. The van der Waals surface area contributed by atoms with Gasteiger partial charge in [0.1, 0.15) is 0 Å². The minimum absolute atomic E-state index is 0.583. The summed E-state index contributed by atoms with van der Waals surface area (Å²) in [6.07, 6.45) is 0. The Bertz CT molecular complexity index is 308. The van der Waals surface area contributed by atoms with Gasteiger partial charge in [-0.15, -0.1) is 0 Å². The largest absolute Gasteiger partial charge is 0.481 e. The normalized spacial score (nSPS) is 40.2. The molecule has 1 rings (SSSR count). The highest BCUT2D eigenvalue weighted by Gasteiger charge is 2.53. The van der Waals surface area contributed by atoms with Crippen LogP contribution in [0.1, 0.15) is 20.8 Å². The lowest BCUT2D eigenvalue weighted by molar-refractivity contribution is -0.167. The van der Waals surface area contributed by atoms with Crippen LogP contribution >= 0.6 is 0 Å². The molecule has 0 heterocycles. The Labute approximate surface area is 105 Å². The molecule has 1 aliphatic carbocycles. The number of hydrogen-bond donors (Lipinski definition) is 3. The highest BCUT2D eigenvalue weighted by Crippen LogP contribution is 2.46. The van der Waals surface area contributed by atoms with Crippen molar-refractivity contribution in [3.63, 3.8) is 0 Å². The van der Waals surface area contributed by atoms with Gasteiger partial charge in [-0.2, -0.15) is 0 Å². The third-order valence-electron chi connectivity index (χ3n) is 4.25. The number of aliphatic carboxylic acids is 3. The van der Waals surface area contributed by atoms with Gasteiger partial charge in [-0.05, 0) is 17.8 Å². The summed E-state index contributed by atoms with van der Waals surface area (Å²) >= 11 is 0. The predicted molar refractivity (Wildman–Crippen MR) is 60.9 cm³/mol. The summed E-state index contributed by atoms with van der Waals surface area (Å²) in [5.74, 6) is -7.95. The van der Waals surface area contributed by atoms with Crippen molar-refractivity contribution in [1.29, 1.82) is 0 Å². The highest BCUT2D eigenvalue weighted by atomic mass is 16.4. The van der Waals surface area contributed by atoms with E-state index >= 15 is 0 Å². The van der Waals surface area contributed by atoms with Crippen LogP contribution in [0.2, 0.25) is 0 Å². The van der Waals surface area contributed by atoms with E-state index in [-0.39, 0.29) is 0 Å². The van der Waals surface area contributed by atoms with Gasteiger partial charge in [0.25, 0.3) is 0 Å². The first-order valence-electron chi connectivity index (χ1n) is 5.88. The van der Waals surface area contributed by atoms with Gasteiger partial charge in [0.15, 0.2) is 0 Å². The van der Waals surface area contributed by atoms with Crippen LogP contribution in [0.5, 0.6) is 0 Å². The second-order valence-corrected chi connectivity index (χ2v) is 5.17. The Morgan fingerprint density at radius 1 is 0.611 bits per heavy atom. The maximum Gasteiger partial charge on any atom is 0.307 e. The SMILES string of the molecule is CC1C(C(=O)O)C(C)C(C(=O)O)C(C)C1C(=O)O. The Kier molecular flexibility index (Phi) is 3.98. The summed E-state index contributed by atoms with van der Waals surface area (Å²) in [5.41, 5.74) is 0. The number of carbonyl (C=O) groups is 3. The lowest BCUT2D eigenvalue weighted by atomic mass is 9.58. The average Bonchev–Trinajstić information content (AvgIpc) is 2.14. The molecule has 0 spiro atoms. The van der Waals surface area contributed by atoms with E-state index in [4.69, 9.17) is 0 Å². The second-order valence-electron chi connectivity index (χ2n) is 5.17. The number of hydrogen-bond acceptors (Lipinski definition) is 3. The van der Waals surface area contributed by atoms with Crippen LogP contribution in [0.15, 0.2) is 0 Å². The van der Waals surface area contributed by atoms with E-state index < -0.39 is 53.4 Å². The van der Waals surface area contributed by atoms with Crippen LogP contribution in [0.3, 0.4) is 0 Å². The highest BCUT2D eigenvalue weighted by molar-refractivity contribution is 5.79. The average molecular weight is 258 g/mol. The Morgan fingerprint density at radius 3 is 0.889 bits per heavy atom. The minimum atomic E-state index is -1.13. The molecule has 6 heteroatoms. The molecule has 0 bridgehead atoms. The third-order valence-corrected chi connectivity index (χ3v) is 4.25. The molecule has 102 valence electrons. The standard InChI is InChI=1S/C12H18O6/c1-4-7(10(13)14)5(2)9(12(17)18)6(3)8(4)11(15)16/h4-9H,1-3H3,(H,13,14)(H,15,16)(H,17,18). The van der Waals surface area contributed by atoms with Gasteiger partial charge in [0.2, 0.25) is 0 Å². The van der Waals surface area contributed by atoms with E-state index in [9.17, 15) is 29.7 Å². The van der Waals surface area contributed by atoms with Crippen molar-refractivity contribution in [3.8, 4) is 0 Å². The van der Waals surface area contributed by atoms with E-state index in [0.717, 1.165) is 0 Å². The molecule has 0 saturated heterocycles. The molecule has 0 radical (unpaired) electrons. The molecule has 1 aliphatic rings. The monoisotopic (exact) mass is 258 g/mol. The van der Waals surface area contributed by atoms with Crippen molar-refractivity contribution >= 4 is 17.9 Å². The molecule has 0 aromatic rings. The summed E-state index contributed by atoms with van der Waals surface area (Å²) in [6, 6.07) is 0. The Morgan fingerprint density at radius 2 is 0.778 bits per heavy atom. The maximum absolute atomic E-state index is 11.2. The van der Waals surface area contributed by atoms with Gasteiger partial charge in [-0.25, -0.2) is 0 Å². The van der Waals surface area contributed by atoms with Crippen LogP contribution in [0.4, 0.5) is 0 Å². The fraction of sp³-hybridized carbons (Fsp3) is 0.750. The van der Waals surface area contributed by atoms with E-state index in [1.165, 1.54) is 0 Å². The molecule has 1 fully saturated rings. The molecule has 1 saturated carbocycles. The van der Waals surface area contributed by atoms with E-state index in [0.29, 0.717) is 0 Å². The molecular weight excluding hydrogens is 240 g/mol. The van der Waals surface area contributed by atoms with Crippen molar-refractivity contribution in [2.75, 3.05) is 0 Å². The van der Waals surface area contributed by atoms with Crippen LogP contribution in [-0.4, -0.2) is 33.2 Å². The number of carboxylic acid groups (broad SMARTS) is 3. The predicted octanol–water partition coefficient (Wildman–Crippen LogP) is 1.01. The first kappa shape index (κ1) is 14.5. The van der Waals surface area contributed by atoms with Crippen molar-refractivity contribution in [2.45, 2.75) is 20.8 Å². The minimum Gasteiger partial charge on any atom is -0.481 e. The van der Waals surface area contributed by atoms with Crippen molar-refractivity contribution in [3.05, 3.63) is 0 Å². The summed E-state index contributed by atoms with van der Waals surface area (Å²) in [4.78, 5) is 33.7. The molecule has 0 aromatic carbocycles. The van der Waals surface area contributed by atoms with Crippen LogP contribution < -0.4 is 0 Å². The molecule has 6 nitrogen and oxygen atoms in total. The zero-order chi connectivity index (χ0) is 14.2. The van der Waals surface area contributed by atoms with Crippen LogP contribution in [0.25, 0.3) is 0 Å². The zero-order valence-corrected chi connectivity index (χ0v) is 10.5. The molecular formula is C12H18O6. The van der Waals surface area contributed by atoms with Crippen LogP contribution in [-0.2, 0) is 14.4 Å². The molecule has 3 N–H and O–H groups in total. The van der Waals surface area contributed by atoms with E-state index in [2.05, 4.69) is 0 Å². The fourth-order valence-corrected chi connectivity index (χ4v) is 3.46. The van der Waals surface area contributed by atoms with Crippen molar-refractivity contribution < 1.29 is 29.7 Å². The zero-order valence-electron chi connectivity index (χ0n) is 10.5. The van der Waals surface area contributed by atoms with Gasteiger partial charge < -0.3 is 15.3 Å². The molecule has 0 unspecified atom stereocenters. The number of carboxylic acids is 3. The molecule has 0 aliphatic heterocycles. The van der Waals surface area contributed by atoms with Gasteiger partial charge in [0.05, 0.1) is 17.8 Å². The molecule has 0 atom stereocenters. The van der Waals surface area contributed by atoms with Gasteiger partial charge in [-0.3, -0.25) is 14.4 Å². The lowest BCUT2D eigenvalue weighted by Crippen LogP contribution is -2.51. The van der Waals surface area contributed by atoms with Gasteiger partial charge in [-0.1, -0.05) is 20.8 Å². The lowest BCUT2D eigenvalue weighted by Gasteiger charge is -2.44. The smallest absolute Gasteiger partial charge is 0.307 e. The maximum atomic E-state index is 11.2. The molecule has 18 heavy (non-hydrogen) atoms. The van der Waals surface area contributed by atoms with Crippen molar-refractivity contribution in [1.82, 2.24) is 0 Å². The second kappa shape index (κ2) is 4.96. The van der Waals surface area contributed by atoms with E-state index in [1.54, 1.807) is 20.8 Å². The Balaban J connectivity index is 3.22. The summed E-state index contributed by atoms with van der Waals surface area (Å²) in [7, 11) is 0. The van der Waals surface area contributed by atoms with Crippen LogP contribution in [0, 0.1) is 35.5 Å². The molecule has 0 aromatic heterocycles. The third kappa shape index (κ3) is 2.19. The molecule has 0 amide bonds. The van der Waals surface area contributed by atoms with E-state index in [1.807, 2.05) is 0 Å². The first-order valence-corrected chi connectivity index (χ1v) is 5.88. The quantitative estimate of drug-likeness (QED) is 0.696. The topological polar surface area (TPSA) is 112 Å². The first-order chi connectivity index (χ1) is 8.20. The summed E-state index contributed by atoms with van der Waals surface area (Å²) in [5, 5.41) is 27.5. The Hall–Kier alpha value is -1.59. The summed E-state index contributed by atoms with van der Waals surface area (Å²) in [6.45, 7) is 4.72. The van der Waals surface area contributed by atoms with Gasteiger partial charge in [0, 0.05) is 0 Å². The van der Waals surface area contributed by atoms with Crippen molar-refractivity contribution in [2.24, 2.45) is 35.5 Å². The van der Waals surface area contributed by atoms with Gasteiger partial charge >= 0.3 is 17.9 Å². The fourth-order valence-electron chi connectivity index (χ4n) is 3.46.